The molecule has 0 aliphatic carbocycles. The normalized spacial score (nSPS) is 18.2. The van der Waals surface area contributed by atoms with E-state index in [0.717, 1.165) is 31.1 Å². The molecule has 0 N–H and O–H groups in total. The van der Waals surface area contributed by atoms with Gasteiger partial charge in [0, 0.05) is 12.8 Å². The van der Waals surface area contributed by atoms with E-state index in [0.29, 0.717) is 13.2 Å². The maximum Gasteiger partial charge on any atom is 0.169 e. The van der Waals surface area contributed by atoms with E-state index < -0.39 is 13.7 Å². The molecule has 2 heterocycles. The van der Waals surface area contributed by atoms with Gasteiger partial charge in [0.15, 0.2) is 5.79 Å². The van der Waals surface area contributed by atoms with Crippen molar-refractivity contribution in [3.8, 4) is 5.69 Å². The molecule has 0 bridgehead atoms. The van der Waals surface area contributed by atoms with Gasteiger partial charge in [0.25, 0.3) is 0 Å². The predicted molar refractivity (Wildman–Crippen MR) is 109 cm³/mol. The number of aromatic nitrogens is 2. The number of para-hydroxylation sites is 1. The van der Waals surface area contributed by atoms with Crippen LogP contribution in [0.3, 0.4) is 0 Å². The van der Waals surface area contributed by atoms with Crippen LogP contribution >= 0.6 is 7.92 Å². The van der Waals surface area contributed by atoms with Crippen LogP contribution in [-0.4, -0.2) is 40.1 Å². The molecule has 1 atom stereocenters. The number of benzene rings is 1. The number of hydrogen-bond donors (Lipinski definition) is 0. The summed E-state index contributed by atoms with van der Waals surface area (Å²) in [4.78, 5) is 0. The summed E-state index contributed by atoms with van der Waals surface area (Å²) in [5, 5.41) is 4.72. The number of nitrogens with zero attached hydrogens (tertiary/aromatic N) is 2. The predicted octanol–water partition coefficient (Wildman–Crippen LogP) is 4.71. The van der Waals surface area contributed by atoms with E-state index in [4.69, 9.17) is 9.47 Å². The number of ether oxygens (including phenoxy) is 2. The molecule has 1 aliphatic heterocycles. The van der Waals surface area contributed by atoms with Crippen molar-refractivity contribution in [2.75, 3.05) is 19.4 Å². The Morgan fingerprint density at radius 1 is 1.12 bits per heavy atom. The fourth-order valence-corrected chi connectivity index (χ4v) is 7.01. The van der Waals surface area contributed by atoms with E-state index in [-0.39, 0.29) is 5.16 Å². The van der Waals surface area contributed by atoms with E-state index in [9.17, 15) is 0 Å². The summed E-state index contributed by atoms with van der Waals surface area (Å²) >= 11 is 0. The van der Waals surface area contributed by atoms with Crippen LogP contribution in [0.25, 0.3) is 5.69 Å². The Morgan fingerprint density at radius 3 is 2.42 bits per heavy atom. The average Bonchev–Trinajstić information content (AvgIpc) is 3.26. The zero-order valence-electron chi connectivity index (χ0n) is 16.4. The van der Waals surface area contributed by atoms with Crippen LogP contribution in [0.1, 0.15) is 47.0 Å². The molecule has 1 saturated heterocycles. The van der Waals surface area contributed by atoms with E-state index >= 15 is 0 Å². The molecule has 1 aliphatic rings. The molecule has 0 saturated carbocycles. The summed E-state index contributed by atoms with van der Waals surface area (Å²) in [6.45, 7) is 10.6. The van der Waals surface area contributed by atoms with E-state index in [1.54, 1.807) is 0 Å². The second-order valence-electron chi connectivity index (χ2n) is 7.53. The summed E-state index contributed by atoms with van der Waals surface area (Å²) in [6, 6.07) is 12.6. The summed E-state index contributed by atoms with van der Waals surface area (Å²) < 4.78 is 14.3. The molecule has 2 aromatic rings. The monoisotopic (exact) mass is 374 g/mol. The second-order valence-corrected chi connectivity index (χ2v) is 10.7. The van der Waals surface area contributed by atoms with Gasteiger partial charge in [-0.2, -0.15) is 5.10 Å². The molecule has 5 heteroatoms. The van der Waals surface area contributed by atoms with Crippen LogP contribution in [0.5, 0.6) is 0 Å². The summed E-state index contributed by atoms with van der Waals surface area (Å²) in [5.41, 5.74) is 2.45. The Labute approximate surface area is 158 Å². The average molecular weight is 374 g/mol. The number of hydrogen-bond acceptors (Lipinski definition) is 3. The lowest BCUT2D eigenvalue weighted by molar-refractivity contribution is -0.170. The summed E-state index contributed by atoms with van der Waals surface area (Å²) in [6.07, 6.45) is 5.99. The fraction of sp³-hybridized carbons (Fsp3) is 0.571. The van der Waals surface area contributed by atoms with Gasteiger partial charge in [0.05, 0.1) is 30.5 Å². The van der Waals surface area contributed by atoms with Gasteiger partial charge in [-0.05, 0) is 37.4 Å². The van der Waals surface area contributed by atoms with Gasteiger partial charge in [0.2, 0.25) is 0 Å². The van der Waals surface area contributed by atoms with Crippen LogP contribution in [-0.2, 0) is 9.47 Å². The van der Waals surface area contributed by atoms with Crippen molar-refractivity contribution in [2.24, 2.45) is 0 Å². The first-order valence-electron chi connectivity index (χ1n) is 9.66. The van der Waals surface area contributed by atoms with Crippen LogP contribution in [0.4, 0.5) is 0 Å². The Hall–Kier alpha value is -1.22. The van der Waals surface area contributed by atoms with Crippen LogP contribution in [0.2, 0.25) is 0 Å². The van der Waals surface area contributed by atoms with Crippen molar-refractivity contribution in [1.82, 2.24) is 9.78 Å². The quantitative estimate of drug-likeness (QED) is 0.628. The molecule has 1 fully saturated rings. The lowest BCUT2D eigenvalue weighted by Crippen LogP contribution is -2.40. The molecular weight excluding hydrogens is 343 g/mol. The third-order valence-electron chi connectivity index (χ3n) is 5.09. The van der Waals surface area contributed by atoms with Crippen LogP contribution < -0.4 is 5.44 Å². The first-order chi connectivity index (χ1) is 12.5. The molecule has 3 rings (SSSR count). The van der Waals surface area contributed by atoms with Gasteiger partial charge >= 0.3 is 0 Å². The molecule has 1 aromatic carbocycles. The smallest absolute Gasteiger partial charge is 0.169 e. The lowest BCUT2D eigenvalue weighted by atomic mass is 9.98. The topological polar surface area (TPSA) is 36.3 Å². The van der Waals surface area contributed by atoms with E-state index in [1.807, 2.05) is 12.3 Å². The molecule has 0 spiro atoms. The highest BCUT2D eigenvalue weighted by Crippen LogP contribution is 2.53. The van der Waals surface area contributed by atoms with Crippen molar-refractivity contribution in [2.45, 2.75) is 57.9 Å². The highest BCUT2D eigenvalue weighted by molar-refractivity contribution is 7.66. The van der Waals surface area contributed by atoms with Crippen LogP contribution in [0.15, 0.2) is 42.6 Å². The molecule has 26 heavy (non-hydrogen) atoms. The Morgan fingerprint density at radius 2 is 1.81 bits per heavy atom. The first kappa shape index (κ1) is 19.5. The minimum atomic E-state index is -0.422. The van der Waals surface area contributed by atoms with Crippen LogP contribution in [0, 0.1) is 0 Å². The highest BCUT2D eigenvalue weighted by Gasteiger charge is 2.44. The molecule has 0 amide bonds. The highest BCUT2D eigenvalue weighted by atomic mass is 31.1. The zero-order valence-corrected chi connectivity index (χ0v) is 17.3. The van der Waals surface area contributed by atoms with Crippen molar-refractivity contribution in [3.63, 3.8) is 0 Å². The largest absolute Gasteiger partial charge is 0.348 e. The molecule has 4 nitrogen and oxygen atoms in total. The van der Waals surface area contributed by atoms with Gasteiger partial charge in [0.1, 0.15) is 0 Å². The number of rotatable bonds is 8. The summed E-state index contributed by atoms with van der Waals surface area (Å²) in [7, 11) is -0.422. The van der Waals surface area contributed by atoms with Gasteiger partial charge in [-0.15, -0.1) is 0 Å². The lowest BCUT2D eigenvalue weighted by Gasteiger charge is -2.41. The minimum absolute atomic E-state index is 0.0934. The third-order valence-corrected chi connectivity index (χ3v) is 8.24. The van der Waals surface area contributed by atoms with Crippen molar-refractivity contribution < 1.29 is 9.47 Å². The zero-order chi connectivity index (χ0) is 18.6. The maximum absolute atomic E-state index is 6.11. The second kappa shape index (κ2) is 8.21. The molecule has 1 unspecified atom stereocenters. The maximum atomic E-state index is 6.11. The first-order valence-corrected chi connectivity index (χ1v) is 11.2. The SMILES string of the molecule is CCCC1(CC(C)(C)P(CC)c2ccnn2-c2ccccc2)OCCO1. The van der Waals surface area contributed by atoms with Crippen molar-refractivity contribution >= 4 is 13.4 Å². The Balaban J connectivity index is 1.90. The van der Waals surface area contributed by atoms with E-state index in [2.05, 4.69) is 67.8 Å². The van der Waals surface area contributed by atoms with Crippen molar-refractivity contribution in [3.05, 3.63) is 42.6 Å². The molecule has 1 aromatic heterocycles. The van der Waals surface area contributed by atoms with Gasteiger partial charge in [-0.3, -0.25) is 0 Å². The standard InChI is InChI=1S/C21H31N2O2P/c1-5-13-21(24-15-16-25-21)17-20(3,4)26(6-2)19-12-14-22-23(19)18-10-8-7-9-11-18/h7-12,14H,5-6,13,15-17H2,1-4H3. The third kappa shape index (κ3) is 4.03. The molecular formula is C21H31N2O2P. The van der Waals surface area contributed by atoms with E-state index in [1.165, 1.54) is 5.44 Å². The summed E-state index contributed by atoms with van der Waals surface area (Å²) in [5.74, 6) is -0.411. The van der Waals surface area contributed by atoms with Gasteiger partial charge < -0.3 is 9.47 Å². The fourth-order valence-electron chi connectivity index (χ4n) is 4.14. The Kier molecular flexibility index (Phi) is 6.17. The Bertz CT molecular complexity index is 693. The van der Waals surface area contributed by atoms with Crippen molar-refractivity contribution in [1.29, 1.82) is 0 Å². The van der Waals surface area contributed by atoms with Gasteiger partial charge in [-0.25, -0.2) is 4.68 Å². The molecule has 142 valence electrons. The minimum Gasteiger partial charge on any atom is -0.348 e. The van der Waals surface area contributed by atoms with Gasteiger partial charge in [-0.1, -0.05) is 52.3 Å². The molecule has 0 radical (unpaired) electrons.